The van der Waals surface area contributed by atoms with Crippen molar-refractivity contribution in [3.8, 4) is 0 Å². The Hall–Kier alpha value is -0.860. The predicted molar refractivity (Wildman–Crippen MR) is 82.7 cm³/mol. The molecule has 120 valence electrons. The molecule has 0 heterocycles. The number of ketones is 2. The smallest absolute Gasteiger partial charge is 0.137 e. The molecular weight excluding hydrogens is 258 g/mol. The van der Waals surface area contributed by atoms with Gasteiger partial charge in [0, 0.05) is 52.4 Å². The van der Waals surface area contributed by atoms with Gasteiger partial charge in [0.05, 0.1) is 6.42 Å². The average Bonchev–Trinajstić information content (AvgIpc) is 2.36. The van der Waals surface area contributed by atoms with Crippen molar-refractivity contribution >= 4 is 11.6 Å². The molecule has 0 aliphatic rings. The Morgan fingerprint density at radius 2 is 1.00 bits per heavy atom. The second kappa shape index (κ2) is 18.1. The molecule has 7 N–H and O–H groups in total. The molecule has 0 saturated carbocycles. The van der Waals surface area contributed by atoms with E-state index in [1.807, 2.05) is 0 Å². The predicted octanol–water partition coefficient (Wildman–Crippen LogP) is -1.77. The minimum atomic E-state index is -0.0625. The Kier molecular flexibility index (Phi) is 19.4. The minimum Gasteiger partial charge on any atom is -0.329 e. The van der Waals surface area contributed by atoms with Gasteiger partial charge in [0.2, 0.25) is 0 Å². The normalized spacial score (nSPS) is 9.80. The topological polar surface area (TPSA) is 122 Å². The van der Waals surface area contributed by atoms with E-state index >= 15 is 0 Å². The summed E-state index contributed by atoms with van der Waals surface area (Å²) in [6.07, 6.45) is 0.0833. The maximum atomic E-state index is 10.0. The van der Waals surface area contributed by atoms with E-state index in [9.17, 15) is 9.59 Å². The standard InChI is InChI=1S/C8H23N5.C5H8O2/c9-1-3-11-5-7-13-8-6-12-4-2-10;1-4(6)3-5(2)7/h11-13H,1-10H2;3H2,1-2H3. The first-order chi connectivity index (χ1) is 9.54. The average molecular weight is 289 g/mol. The summed E-state index contributed by atoms with van der Waals surface area (Å²) >= 11 is 0. The monoisotopic (exact) mass is 289 g/mol. The van der Waals surface area contributed by atoms with Crippen LogP contribution in [0.4, 0.5) is 0 Å². The summed E-state index contributed by atoms with van der Waals surface area (Å²) in [5, 5.41) is 9.71. The van der Waals surface area contributed by atoms with Crippen molar-refractivity contribution in [2.45, 2.75) is 20.3 Å². The van der Waals surface area contributed by atoms with E-state index < -0.39 is 0 Å². The first-order valence-corrected chi connectivity index (χ1v) is 7.05. The van der Waals surface area contributed by atoms with Crippen molar-refractivity contribution in [2.24, 2.45) is 11.5 Å². The lowest BCUT2D eigenvalue weighted by Gasteiger charge is -2.06. The second-order valence-electron chi connectivity index (χ2n) is 4.41. The Bertz CT molecular complexity index is 215. The number of nitrogens with one attached hydrogen (secondary N) is 3. The van der Waals surface area contributed by atoms with E-state index in [4.69, 9.17) is 11.5 Å². The molecule has 0 fully saturated rings. The molecule has 0 rings (SSSR count). The molecule has 0 spiro atoms. The summed E-state index contributed by atoms with van der Waals surface area (Å²) in [5.41, 5.74) is 10.6. The van der Waals surface area contributed by atoms with E-state index in [1.54, 1.807) is 0 Å². The van der Waals surface area contributed by atoms with Crippen LogP contribution in [0.25, 0.3) is 0 Å². The van der Waals surface area contributed by atoms with Crippen LogP contribution in [0, 0.1) is 0 Å². The van der Waals surface area contributed by atoms with Crippen molar-refractivity contribution in [3.05, 3.63) is 0 Å². The van der Waals surface area contributed by atoms with Crippen molar-refractivity contribution in [3.63, 3.8) is 0 Å². The van der Waals surface area contributed by atoms with Gasteiger partial charge in [0.15, 0.2) is 0 Å². The third kappa shape index (κ3) is 25.9. The molecule has 0 bridgehead atoms. The highest BCUT2D eigenvalue weighted by Crippen LogP contribution is 1.80. The number of carbonyl (C=O) groups excluding carboxylic acids is 2. The fraction of sp³-hybridized carbons (Fsp3) is 0.846. The largest absolute Gasteiger partial charge is 0.329 e. The maximum Gasteiger partial charge on any atom is 0.137 e. The molecule has 0 radical (unpaired) electrons. The van der Waals surface area contributed by atoms with Crippen LogP contribution in [0.2, 0.25) is 0 Å². The van der Waals surface area contributed by atoms with Crippen molar-refractivity contribution < 1.29 is 9.59 Å². The zero-order valence-corrected chi connectivity index (χ0v) is 12.8. The van der Waals surface area contributed by atoms with Crippen molar-refractivity contribution in [2.75, 3.05) is 52.4 Å². The summed E-state index contributed by atoms with van der Waals surface area (Å²) in [6, 6.07) is 0. The number of rotatable bonds is 12. The van der Waals surface area contributed by atoms with Crippen LogP contribution < -0.4 is 27.4 Å². The Morgan fingerprint density at radius 1 is 0.700 bits per heavy atom. The van der Waals surface area contributed by atoms with Crippen LogP contribution in [0.5, 0.6) is 0 Å². The van der Waals surface area contributed by atoms with Gasteiger partial charge in [0.25, 0.3) is 0 Å². The molecule has 0 amide bonds. The first-order valence-electron chi connectivity index (χ1n) is 7.05. The fourth-order valence-corrected chi connectivity index (χ4v) is 1.28. The van der Waals surface area contributed by atoms with Gasteiger partial charge < -0.3 is 27.4 Å². The summed E-state index contributed by atoms with van der Waals surface area (Å²) in [4.78, 5) is 20.1. The Balaban J connectivity index is 0. The lowest BCUT2D eigenvalue weighted by atomic mass is 10.2. The molecular formula is C13H31N5O2. The Morgan fingerprint density at radius 3 is 1.20 bits per heavy atom. The zero-order valence-electron chi connectivity index (χ0n) is 12.8. The summed E-state index contributed by atoms with van der Waals surface area (Å²) in [7, 11) is 0. The molecule has 0 aliphatic carbocycles. The van der Waals surface area contributed by atoms with Gasteiger partial charge in [-0.15, -0.1) is 0 Å². The van der Waals surface area contributed by atoms with E-state index in [-0.39, 0.29) is 18.0 Å². The van der Waals surface area contributed by atoms with Gasteiger partial charge in [-0.1, -0.05) is 0 Å². The van der Waals surface area contributed by atoms with Gasteiger partial charge in [-0.05, 0) is 13.8 Å². The summed E-state index contributed by atoms with van der Waals surface area (Å²) in [6.45, 7) is 9.95. The van der Waals surface area contributed by atoms with Crippen LogP contribution in [0.3, 0.4) is 0 Å². The highest BCUT2D eigenvalue weighted by molar-refractivity contribution is 5.96. The third-order valence-corrected chi connectivity index (χ3v) is 2.10. The van der Waals surface area contributed by atoms with Crippen LogP contribution in [0.15, 0.2) is 0 Å². The van der Waals surface area contributed by atoms with Gasteiger partial charge in [-0.3, -0.25) is 9.59 Å². The molecule has 20 heavy (non-hydrogen) atoms. The molecule has 7 heteroatoms. The van der Waals surface area contributed by atoms with E-state index in [2.05, 4.69) is 16.0 Å². The molecule has 0 aromatic heterocycles. The van der Waals surface area contributed by atoms with E-state index in [0.717, 1.165) is 39.3 Å². The van der Waals surface area contributed by atoms with E-state index in [0.29, 0.717) is 13.1 Å². The molecule has 0 aromatic carbocycles. The molecule has 0 unspecified atom stereocenters. The first kappa shape index (κ1) is 21.4. The quantitative estimate of drug-likeness (QED) is 0.213. The minimum absolute atomic E-state index is 0.0625. The van der Waals surface area contributed by atoms with Crippen LogP contribution >= 0.6 is 0 Å². The Labute approximate surface area is 122 Å². The van der Waals surface area contributed by atoms with Gasteiger partial charge >= 0.3 is 0 Å². The lowest BCUT2D eigenvalue weighted by molar-refractivity contribution is -0.124. The molecule has 0 atom stereocenters. The third-order valence-electron chi connectivity index (χ3n) is 2.10. The second-order valence-corrected chi connectivity index (χ2v) is 4.41. The molecule has 0 aliphatic heterocycles. The number of carbonyl (C=O) groups is 2. The lowest BCUT2D eigenvalue weighted by Crippen LogP contribution is -2.35. The van der Waals surface area contributed by atoms with Crippen LogP contribution in [-0.2, 0) is 9.59 Å². The van der Waals surface area contributed by atoms with Gasteiger partial charge in [-0.25, -0.2) is 0 Å². The van der Waals surface area contributed by atoms with Gasteiger partial charge in [0.1, 0.15) is 11.6 Å². The zero-order chi connectivity index (χ0) is 15.6. The number of nitrogens with two attached hydrogens (primary N) is 2. The van der Waals surface area contributed by atoms with Gasteiger partial charge in [-0.2, -0.15) is 0 Å². The highest BCUT2D eigenvalue weighted by Gasteiger charge is 1.94. The van der Waals surface area contributed by atoms with Crippen LogP contribution in [0.1, 0.15) is 20.3 Å². The van der Waals surface area contributed by atoms with Crippen LogP contribution in [-0.4, -0.2) is 63.9 Å². The number of Topliss-reactive ketones (excluding diaryl/α,β-unsaturated/α-hetero) is 2. The number of hydrogen-bond donors (Lipinski definition) is 5. The molecule has 0 aromatic rings. The summed E-state index contributed by atoms with van der Waals surface area (Å²) in [5.74, 6) is -0.125. The summed E-state index contributed by atoms with van der Waals surface area (Å²) < 4.78 is 0. The van der Waals surface area contributed by atoms with Crippen molar-refractivity contribution in [1.82, 2.24) is 16.0 Å². The number of hydrogen-bond acceptors (Lipinski definition) is 7. The highest BCUT2D eigenvalue weighted by atomic mass is 16.1. The molecule has 0 saturated heterocycles. The molecule has 7 nitrogen and oxygen atoms in total. The fourth-order valence-electron chi connectivity index (χ4n) is 1.28. The van der Waals surface area contributed by atoms with E-state index in [1.165, 1.54) is 13.8 Å². The maximum absolute atomic E-state index is 10.0. The van der Waals surface area contributed by atoms with Crippen molar-refractivity contribution in [1.29, 1.82) is 0 Å². The SMILES string of the molecule is CC(=O)CC(C)=O.NCCNCCNCCNCCN.